The summed E-state index contributed by atoms with van der Waals surface area (Å²) in [6.07, 6.45) is 17.7. The lowest BCUT2D eigenvalue weighted by Gasteiger charge is -2.00. The molecule has 0 saturated heterocycles. The molecule has 0 aromatic carbocycles. The maximum Gasteiger partial charge on any atom is 0.305 e. The van der Waals surface area contributed by atoms with E-state index in [1.807, 2.05) is 0 Å². The molecule has 0 bridgehead atoms. The molecule has 0 unspecified atom stereocenters. The Kier molecular flexibility index (Phi) is 17.2. The number of methoxy groups -OCH3 is 1. The van der Waals surface area contributed by atoms with Crippen LogP contribution in [0.4, 0.5) is 0 Å². The zero-order valence-electron chi connectivity index (χ0n) is 14.1. The van der Waals surface area contributed by atoms with Crippen LogP contribution in [-0.4, -0.2) is 24.6 Å². The van der Waals surface area contributed by atoms with Crippen LogP contribution in [0.3, 0.4) is 0 Å². The number of carbonyl (C=O) groups excluding carboxylic acids is 1. The SMILES string of the molecule is CCSCCCCC/C=C\CCCCCCCC(=O)OC. The molecule has 0 fully saturated rings. The zero-order chi connectivity index (χ0) is 15.6. The number of unbranched alkanes of at least 4 members (excludes halogenated alkanes) is 8. The van der Waals surface area contributed by atoms with Crippen LogP contribution in [0.25, 0.3) is 0 Å². The van der Waals surface area contributed by atoms with Gasteiger partial charge in [0.25, 0.3) is 0 Å². The molecule has 0 aromatic heterocycles. The number of ether oxygens (including phenoxy) is 1. The van der Waals surface area contributed by atoms with E-state index in [4.69, 9.17) is 0 Å². The third-order valence-corrected chi connectivity index (χ3v) is 4.50. The zero-order valence-corrected chi connectivity index (χ0v) is 14.9. The van der Waals surface area contributed by atoms with Crippen LogP contribution < -0.4 is 0 Å². The van der Waals surface area contributed by atoms with Gasteiger partial charge in [-0.25, -0.2) is 0 Å². The van der Waals surface area contributed by atoms with Crippen LogP contribution in [0, 0.1) is 0 Å². The van der Waals surface area contributed by atoms with E-state index in [9.17, 15) is 4.79 Å². The first-order chi connectivity index (χ1) is 10.3. The van der Waals surface area contributed by atoms with Gasteiger partial charge in [0.1, 0.15) is 0 Å². The lowest BCUT2D eigenvalue weighted by atomic mass is 10.1. The summed E-state index contributed by atoms with van der Waals surface area (Å²) in [5.74, 6) is 2.50. The van der Waals surface area contributed by atoms with Crippen molar-refractivity contribution in [1.29, 1.82) is 0 Å². The van der Waals surface area contributed by atoms with E-state index in [1.54, 1.807) is 0 Å². The van der Waals surface area contributed by atoms with E-state index >= 15 is 0 Å². The molecule has 0 atom stereocenters. The van der Waals surface area contributed by atoms with E-state index < -0.39 is 0 Å². The van der Waals surface area contributed by atoms with Gasteiger partial charge in [-0.1, -0.05) is 44.8 Å². The molecule has 0 aliphatic carbocycles. The summed E-state index contributed by atoms with van der Waals surface area (Å²) in [6.45, 7) is 2.23. The molecule has 0 radical (unpaired) electrons. The monoisotopic (exact) mass is 314 g/mol. The highest BCUT2D eigenvalue weighted by Crippen LogP contribution is 2.10. The summed E-state index contributed by atoms with van der Waals surface area (Å²) in [5.41, 5.74) is 0. The molecular formula is C18H34O2S. The van der Waals surface area contributed by atoms with E-state index in [-0.39, 0.29) is 5.97 Å². The number of thioether (sulfide) groups is 1. The summed E-state index contributed by atoms with van der Waals surface area (Å²) in [6, 6.07) is 0. The van der Waals surface area contributed by atoms with Gasteiger partial charge in [-0.3, -0.25) is 4.79 Å². The van der Waals surface area contributed by atoms with Crippen LogP contribution in [0.5, 0.6) is 0 Å². The molecule has 0 aliphatic rings. The van der Waals surface area contributed by atoms with Gasteiger partial charge in [0.2, 0.25) is 0 Å². The Morgan fingerprint density at radius 3 is 2.10 bits per heavy atom. The van der Waals surface area contributed by atoms with Crippen molar-refractivity contribution < 1.29 is 9.53 Å². The number of esters is 1. The first-order valence-corrected chi connectivity index (χ1v) is 9.76. The minimum Gasteiger partial charge on any atom is -0.469 e. The maximum absolute atomic E-state index is 10.9. The van der Waals surface area contributed by atoms with Crippen LogP contribution in [0.2, 0.25) is 0 Å². The number of hydrogen-bond donors (Lipinski definition) is 0. The molecule has 0 spiro atoms. The predicted octanol–water partition coefficient (Wildman–Crippen LogP) is 5.76. The lowest BCUT2D eigenvalue weighted by Crippen LogP contribution is -1.98. The van der Waals surface area contributed by atoms with Gasteiger partial charge in [-0.05, 0) is 50.0 Å². The molecule has 0 heterocycles. The normalized spacial score (nSPS) is 11.1. The van der Waals surface area contributed by atoms with Gasteiger partial charge < -0.3 is 4.74 Å². The van der Waals surface area contributed by atoms with Crippen molar-refractivity contribution in [2.24, 2.45) is 0 Å². The average molecular weight is 315 g/mol. The molecule has 21 heavy (non-hydrogen) atoms. The molecule has 0 rings (SSSR count). The van der Waals surface area contributed by atoms with Gasteiger partial charge in [0, 0.05) is 6.42 Å². The smallest absolute Gasteiger partial charge is 0.305 e. The number of hydrogen-bond acceptors (Lipinski definition) is 3. The Hall–Kier alpha value is -0.440. The Balaban J connectivity index is 3.10. The van der Waals surface area contributed by atoms with E-state index in [1.165, 1.54) is 70.0 Å². The largest absolute Gasteiger partial charge is 0.469 e. The predicted molar refractivity (Wildman–Crippen MR) is 94.9 cm³/mol. The van der Waals surface area contributed by atoms with Gasteiger partial charge in [-0.2, -0.15) is 11.8 Å². The van der Waals surface area contributed by atoms with Gasteiger partial charge in [-0.15, -0.1) is 0 Å². The Morgan fingerprint density at radius 1 is 0.905 bits per heavy atom. The summed E-state index contributed by atoms with van der Waals surface area (Å²) in [4.78, 5) is 10.9. The Morgan fingerprint density at radius 2 is 1.48 bits per heavy atom. The minimum atomic E-state index is -0.0776. The fourth-order valence-electron chi connectivity index (χ4n) is 2.19. The van der Waals surface area contributed by atoms with Crippen LogP contribution in [-0.2, 0) is 9.53 Å². The topological polar surface area (TPSA) is 26.3 Å². The fraction of sp³-hybridized carbons (Fsp3) is 0.833. The van der Waals surface area contributed by atoms with Crippen molar-refractivity contribution in [1.82, 2.24) is 0 Å². The molecule has 2 nitrogen and oxygen atoms in total. The van der Waals surface area contributed by atoms with E-state index in [0.29, 0.717) is 6.42 Å². The van der Waals surface area contributed by atoms with E-state index in [0.717, 1.165) is 12.8 Å². The molecule has 0 aromatic rings. The standard InChI is InChI=1S/C18H34O2S/c1-3-21-17-15-13-11-9-7-5-4-6-8-10-12-14-16-18(19)20-2/h5,7H,3-4,6,8-17H2,1-2H3/b7-5-. The van der Waals surface area contributed by atoms with Crippen molar-refractivity contribution in [2.45, 2.75) is 77.6 Å². The molecule has 3 heteroatoms. The Bertz CT molecular complexity index is 252. The average Bonchev–Trinajstić information content (AvgIpc) is 2.50. The first-order valence-electron chi connectivity index (χ1n) is 8.60. The highest BCUT2D eigenvalue weighted by molar-refractivity contribution is 7.99. The molecule has 0 amide bonds. The van der Waals surface area contributed by atoms with E-state index in [2.05, 4.69) is 35.6 Å². The van der Waals surface area contributed by atoms with Crippen molar-refractivity contribution in [2.75, 3.05) is 18.6 Å². The van der Waals surface area contributed by atoms with Gasteiger partial charge in [0.05, 0.1) is 7.11 Å². The summed E-state index contributed by atoms with van der Waals surface area (Å²) >= 11 is 2.05. The summed E-state index contributed by atoms with van der Waals surface area (Å²) in [7, 11) is 1.46. The third-order valence-electron chi connectivity index (χ3n) is 3.51. The van der Waals surface area contributed by atoms with Crippen LogP contribution in [0.1, 0.15) is 77.6 Å². The van der Waals surface area contributed by atoms with Crippen molar-refractivity contribution in [3.8, 4) is 0 Å². The fourth-order valence-corrected chi connectivity index (χ4v) is 2.88. The van der Waals surface area contributed by atoms with Crippen LogP contribution in [0.15, 0.2) is 12.2 Å². The highest BCUT2D eigenvalue weighted by atomic mass is 32.2. The second-order valence-corrected chi connectivity index (χ2v) is 6.79. The summed E-state index contributed by atoms with van der Waals surface area (Å²) < 4.78 is 4.62. The number of carbonyl (C=O) groups is 1. The second kappa shape index (κ2) is 17.6. The molecule has 0 saturated carbocycles. The number of rotatable bonds is 15. The molecular weight excluding hydrogens is 280 g/mol. The number of allylic oxidation sites excluding steroid dienone is 2. The third kappa shape index (κ3) is 17.5. The van der Waals surface area contributed by atoms with Crippen molar-refractivity contribution >= 4 is 17.7 Å². The Labute approximate surface area is 136 Å². The molecule has 0 N–H and O–H groups in total. The highest BCUT2D eigenvalue weighted by Gasteiger charge is 1.98. The van der Waals surface area contributed by atoms with Crippen LogP contribution >= 0.6 is 11.8 Å². The van der Waals surface area contributed by atoms with Crippen molar-refractivity contribution in [3.63, 3.8) is 0 Å². The quantitative estimate of drug-likeness (QED) is 0.218. The van der Waals surface area contributed by atoms with Gasteiger partial charge in [0.15, 0.2) is 0 Å². The first kappa shape index (κ1) is 20.6. The minimum absolute atomic E-state index is 0.0776. The molecule has 0 aliphatic heterocycles. The summed E-state index contributed by atoms with van der Waals surface area (Å²) in [5, 5.41) is 0. The second-order valence-electron chi connectivity index (χ2n) is 5.40. The van der Waals surface area contributed by atoms with Gasteiger partial charge >= 0.3 is 5.97 Å². The molecule has 124 valence electrons. The van der Waals surface area contributed by atoms with Crippen molar-refractivity contribution in [3.05, 3.63) is 12.2 Å². The maximum atomic E-state index is 10.9. The lowest BCUT2D eigenvalue weighted by molar-refractivity contribution is -0.140.